The highest BCUT2D eigenvalue weighted by Gasteiger charge is 2.11. The molecule has 116 valence electrons. The van der Waals surface area contributed by atoms with Gasteiger partial charge in [-0.25, -0.2) is 0 Å². The van der Waals surface area contributed by atoms with Crippen molar-refractivity contribution in [2.45, 2.75) is 13.3 Å². The van der Waals surface area contributed by atoms with Crippen LogP contribution >= 0.6 is 0 Å². The van der Waals surface area contributed by atoms with Gasteiger partial charge in [-0.15, -0.1) is 0 Å². The van der Waals surface area contributed by atoms with Crippen LogP contribution in [0.25, 0.3) is 0 Å². The van der Waals surface area contributed by atoms with Crippen molar-refractivity contribution in [3.63, 3.8) is 0 Å². The van der Waals surface area contributed by atoms with Crippen molar-refractivity contribution in [1.82, 2.24) is 5.32 Å². The first-order chi connectivity index (χ1) is 10.6. The molecule has 1 amide bonds. The fourth-order valence-corrected chi connectivity index (χ4v) is 1.50. The molecule has 1 aromatic rings. The highest BCUT2D eigenvalue weighted by atomic mass is 16.5. The van der Waals surface area contributed by atoms with Gasteiger partial charge in [-0.1, -0.05) is 12.1 Å². The number of carbonyl (C=O) groups is 2. The molecule has 0 aliphatic carbocycles. The van der Waals surface area contributed by atoms with E-state index in [0.717, 1.165) is 0 Å². The quantitative estimate of drug-likeness (QED) is 0.230. The van der Waals surface area contributed by atoms with Gasteiger partial charge in [0, 0.05) is 12.7 Å². The van der Waals surface area contributed by atoms with E-state index in [2.05, 4.69) is 10.6 Å². The summed E-state index contributed by atoms with van der Waals surface area (Å²) in [5, 5.41) is 23.6. The van der Waals surface area contributed by atoms with Crippen molar-refractivity contribution in [2.75, 3.05) is 18.5 Å². The van der Waals surface area contributed by atoms with E-state index in [1.165, 1.54) is 18.3 Å². The van der Waals surface area contributed by atoms with Crippen LogP contribution < -0.4 is 10.6 Å². The second-order valence-electron chi connectivity index (χ2n) is 4.15. The summed E-state index contributed by atoms with van der Waals surface area (Å²) in [6, 6.07) is 7.93. The van der Waals surface area contributed by atoms with Crippen LogP contribution in [0.2, 0.25) is 0 Å². The van der Waals surface area contributed by atoms with Gasteiger partial charge >= 0.3 is 5.97 Å². The summed E-state index contributed by atoms with van der Waals surface area (Å²) in [4.78, 5) is 23.0. The fraction of sp³-hybridized carbons (Fsp3) is 0.267. The number of amides is 1. The average Bonchev–Trinajstić information content (AvgIpc) is 2.50. The van der Waals surface area contributed by atoms with Crippen LogP contribution in [0.15, 0.2) is 36.0 Å². The average molecular weight is 303 g/mol. The number of rotatable bonds is 7. The van der Waals surface area contributed by atoms with Gasteiger partial charge in [0.05, 0.1) is 18.7 Å². The monoisotopic (exact) mass is 303 g/mol. The van der Waals surface area contributed by atoms with Gasteiger partial charge < -0.3 is 20.5 Å². The van der Waals surface area contributed by atoms with Crippen LogP contribution in [0.4, 0.5) is 5.69 Å². The second kappa shape index (κ2) is 9.02. The minimum absolute atomic E-state index is 0.0941. The third kappa shape index (κ3) is 5.54. The molecule has 0 heterocycles. The predicted octanol–water partition coefficient (Wildman–Crippen LogP) is 1.28. The number of carbonyl (C=O) groups excluding carboxylic acids is 2. The van der Waals surface area contributed by atoms with E-state index in [0.29, 0.717) is 6.61 Å². The van der Waals surface area contributed by atoms with Crippen LogP contribution in [0.3, 0.4) is 0 Å². The molecule has 0 aliphatic heterocycles. The molecular weight excluding hydrogens is 286 g/mol. The minimum Gasteiger partial charge on any atom is -0.506 e. The maximum Gasteiger partial charge on any atom is 0.307 e. The number of benzene rings is 1. The van der Waals surface area contributed by atoms with E-state index in [4.69, 9.17) is 10.00 Å². The Kier molecular flexibility index (Phi) is 6.99. The summed E-state index contributed by atoms with van der Waals surface area (Å²) < 4.78 is 4.74. The zero-order chi connectivity index (χ0) is 16.4. The third-order valence-electron chi connectivity index (χ3n) is 2.54. The first-order valence-electron chi connectivity index (χ1n) is 6.67. The largest absolute Gasteiger partial charge is 0.506 e. The number of phenols is 1. The molecule has 7 nitrogen and oxygen atoms in total. The van der Waals surface area contributed by atoms with E-state index in [-0.39, 0.29) is 35.9 Å². The summed E-state index contributed by atoms with van der Waals surface area (Å²) in [5.41, 5.74) is 0.0345. The molecule has 0 aromatic heterocycles. The van der Waals surface area contributed by atoms with E-state index in [1.807, 2.05) is 0 Å². The molecule has 0 saturated carbocycles. The number of hydrogen-bond acceptors (Lipinski definition) is 6. The Morgan fingerprint density at radius 2 is 2.14 bits per heavy atom. The Hall–Kier alpha value is -3.01. The van der Waals surface area contributed by atoms with Crippen molar-refractivity contribution in [3.8, 4) is 11.8 Å². The van der Waals surface area contributed by atoms with E-state index >= 15 is 0 Å². The van der Waals surface area contributed by atoms with Crippen molar-refractivity contribution in [1.29, 1.82) is 5.26 Å². The molecule has 1 rings (SSSR count). The Balaban J connectivity index is 2.54. The summed E-state index contributed by atoms with van der Waals surface area (Å²) in [7, 11) is 0. The molecule has 0 aliphatic rings. The lowest BCUT2D eigenvalue weighted by Crippen LogP contribution is -2.19. The standard InChI is InChI=1S/C15H17N3O4/c1-2-22-14(20)7-8-17-10-11(9-16)15(21)18-12-5-3-4-6-13(12)19/h3-6,10,17,19H,2,7-8H2,1H3,(H,18,21)/b11-10-. The SMILES string of the molecule is CCOC(=O)CCN/C=C(/C#N)C(=O)Nc1ccccc1O. The Morgan fingerprint density at radius 3 is 2.77 bits per heavy atom. The van der Waals surface area contributed by atoms with Gasteiger partial charge in [-0.2, -0.15) is 5.26 Å². The summed E-state index contributed by atoms with van der Waals surface area (Å²) in [5.74, 6) is -1.11. The minimum atomic E-state index is -0.660. The summed E-state index contributed by atoms with van der Waals surface area (Å²) in [6.07, 6.45) is 1.35. The van der Waals surface area contributed by atoms with Gasteiger partial charge in [0.2, 0.25) is 0 Å². The third-order valence-corrected chi connectivity index (χ3v) is 2.54. The molecule has 0 fully saturated rings. The first-order valence-corrected chi connectivity index (χ1v) is 6.67. The number of hydrogen-bond donors (Lipinski definition) is 3. The predicted molar refractivity (Wildman–Crippen MR) is 79.7 cm³/mol. The summed E-state index contributed by atoms with van der Waals surface area (Å²) >= 11 is 0. The van der Waals surface area contributed by atoms with Crippen molar-refractivity contribution in [2.24, 2.45) is 0 Å². The maximum atomic E-state index is 11.9. The zero-order valence-electron chi connectivity index (χ0n) is 12.1. The highest BCUT2D eigenvalue weighted by Crippen LogP contribution is 2.21. The van der Waals surface area contributed by atoms with E-state index in [1.54, 1.807) is 25.1 Å². The van der Waals surface area contributed by atoms with Gasteiger partial charge in [0.15, 0.2) is 0 Å². The maximum absolute atomic E-state index is 11.9. The topological polar surface area (TPSA) is 111 Å². The van der Waals surface area contributed by atoms with E-state index < -0.39 is 5.91 Å². The first kappa shape index (κ1) is 17.0. The van der Waals surface area contributed by atoms with Crippen LogP contribution in [0.5, 0.6) is 5.75 Å². The molecule has 0 saturated heterocycles. The van der Waals surface area contributed by atoms with Crippen LogP contribution in [-0.4, -0.2) is 30.1 Å². The molecular formula is C15H17N3O4. The smallest absolute Gasteiger partial charge is 0.307 e. The lowest BCUT2D eigenvalue weighted by atomic mass is 10.2. The number of anilines is 1. The summed E-state index contributed by atoms with van der Waals surface area (Å²) in [6.45, 7) is 2.26. The van der Waals surface area contributed by atoms with Crippen LogP contribution in [-0.2, 0) is 14.3 Å². The second-order valence-corrected chi connectivity index (χ2v) is 4.15. The number of aromatic hydroxyl groups is 1. The molecule has 0 unspecified atom stereocenters. The molecule has 3 N–H and O–H groups in total. The lowest BCUT2D eigenvalue weighted by Gasteiger charge is -2.06. The number of ether oxygens (including phenoxy) is 1. The van der Waals surface area contributed by atoms with Gasteiger partial charge in [0.25, 0.3) is 5.91 Å². The van der Waals surface area contributed by atoms with Crippen molar-refractivity contribution < 1.29 is 19.4 Å². The molecule has 0 bridgehead atoms. The Morgan fingerprint density at radius 1 is 1.41 bits per heavy atom. The number of phenolic OH excluding ortho intramolecular Hbond substituents is 1. The number of esters is 1. The Bertz CT molecular complexity index is 605. The molecule has 0 radical (unpaired) electrons. The normalized spacial score (nSPS) is 10.5. The fourth-order valence-electron chi connectivity index (χ4n) is 1.50. The van der Waals surface area contributed by atoms with Gasteiger partial charge in [-0.3, -0.25) is 9.59 Å². The molecule has 0 atom stereocenters. The van der Waals surface area contributed by atoms with Crippen molar-refractivity contribution >= 4 is 17.6 Å². The molecule has 22 heavy (non-hydrogen) atoms. The van der Waals surface area contributed by atoms with Crippen LogP contribution in [0, 0.1) is 11.3 Å². The number of nitrogens with zero attached hydrogens (tertiary/aromatic N) is 1. The number of nitrogens with one attached hydrogen (secondary N) is 2. The van der Waals surface area contributed by atoms with Gasteiger partial charge in [-0.05, 0) is 19.1 Å². The number of para-hydroxylation sites is 2. The van der Waals surface area contributed by atoms with Gasteiger partial charge in [0.1, 0.15) is 17.4 Å². The van der Waals surface area contributed by atoms with E-state index in [9.17, 15) is 14.7 Å². The molecule has 7 heteroatoms. The Labute approximate surface area is 128 Å². The molecule has 1 aromatic carbocycles. The van der Waals surface area contributed by atoms with Crippen LogP contribution in [0.1, 0.15) is 13.3 Å². The number of nitriles is 1. The lowest BCUT2D eigenvalue weighted by molar-refractivity contribution is -0.142. The van der Waals surface area contributed by atoms with Crippen molar-refractivity contribution in [3.05, 3.63) is 36.0 Å². The zero-order valence-corrected chi connectivity index (χ0v) is 12.1. The molecule has 0 spiro atoms. The highest BCUT2D eigenvalue weighted by molar-refractivity contribution is 6.07.